The highest BCUT2D eigenvalue weighted by atomic mass is 16.5. The van der Waals surface area contributed by atoms with Crippen molar-refractivity contribution in [3.05, 3.63) is 42.1 Å². The second-order valence-corrected chi connectivity index (χ2v) is 5.57. The molecule has 0 aliphatic carbocycles. The molecular weight excluding hydrogens is 284 g/mol. The number of aromatic nitrogens is 1. The van der Waals surface area contributed by atoms with Crippen LogP contribution in [-0.2, 0) is 4.79 Å². The van der Waals surface area contributed by atoms with Gasteiger partial charge in [-0.25, -0.2) is 0 Å². The van der Waals surface area contributed by atoms with Gasteiger partial charge < -0.3 is 14.5 Å². The Hall–Kier alpha value is -2.63. The maximum atomic E-state index is 12.4. The van der Waals surface area contributed by atoms with Gasteiger partial charge in [-0.1, -0.05) is 42.4 Å². The van der Waals surface area contributed by atoms with Crippen LogP contribution in [0.1, 0.15) is 17.4 Å². The minimum absolute atomic E-state index is 0.0676. The highest BCUT2D eigenvalue weighted by Crippen LogP contribution is 2.26. The van der Waals surface area contributed by atoms with Gasteiger partial charge in [0.15, 0.2) is 11.5 Å². The molecule has 2 atom stereocenters. The Labute approximate surface area is 127 Å². The maximum absolute atomic E-state index is 12.4. The number of hydrogen-bond acceptors (Lipinski definition) is 4. The SMILES string of the molecule is C[C@@H]1CN(C(=O)c2cc(-c3ccccc3)on2)C[C@H]1C(=O)O. The number of carbonyl (C=O) groups is 2. The first-order chi connectivity index (χ1) is 10.6. The summed E-state index contributed by atoms with van der Waals surface area (Å²) in [4.78, 5) is 25.1. The van der Waals surface area contributed by atoms with Crippen molar-refractivity contribution in [1.29, 1.82) is 0 Å². The topological polar surface area (TPSA) is 83.6 Å². The van der Waals surface area contributed by atoms with Crippen LogP contribution in [0.15, 0.2) is 40.9 Å². The van der Waals surface area contributed by atoms with E-state index in [0.29, 0.717) is 12.3 Å². The average molecular weight is 300 g/mol. The molecule has 3 rings (SSSR count). The number of nitrogens with zero attached hydrogens (tertiary/aromatic N) is 2. The van der Waals surface area contributed by atoms with E-state index in [-0.39, 0.29) is 24.1 Å². The van der Waals surface area contributed by atoms with Crippen LogP contribution in [0, 0.1) is 11.8 Å². The van der Waals surface area contributed by atoms with E-state index in [1.807, 2.05) is 37.3 Å². The Balaban J connectivity index is 1.77. The van der Waals surface area contributed by atoms with Gasteiger partial charge >= 0.3 is 5.97 Å². The summed E-state index contributed by atoms with van der Waals surface area (Å²) in [5, 5.41) is 13.0. The molecule has 1 aliphatic heterocycles. The number of aliphatic carboxylic acids is 1. The summed E-state index contributed by atoms with van der Waals surface area (Å²) in [6, 6.07) is 11.0. The molecule has 6 nitrogen and oxygen atoms in total. The molecule has 1 saturated heterocycles. The predicted octanol–water partition coefficient (Wildman–Crippen LogP) is 2.13. The van der Waals surface area contributed by atoms with Crippen LogP contribution >= 0.6 is 0 Å². The van der Waals surface area contributed by atoms with Crippen LogP contribution in [0.2, 0.25) is 0 Å². The molecule has 1 aliphatic rings. The largest absolute Gasteiger partial charge is 0.481 e. The first-order valence-electron chi connectivity index (χ1n) is 7.10. The molecule has 0 radical (unpaired) electrons. The van der Waals surface area contributed by atoms with E-state index in [4.69, 9.17) is 9.63 Å². The van der Waals surface area contributed by atoms with E-state index in [0.717, 1.165) is 5.56 Å². The first kappa shape index (κ1) is 14.3. The third-order valence-electron chi connectivity index (χ3n) is 4.00. The van der Waals surface area contributed by atoms with Gasteiger partial charge in [-0.2, -0.15) is 0 Å². The molecule has 0 spiro atoms. The fourth-order valence-electron chi connectivity index (χ4n) is 2.73. The normalized spacial score (nSPS) is 21.0. The number of hydrogen-bond donors (Lipinski definition) is 1. The molecule has 114 valence electrons. The number of carboxylic acids is 1. The number of benzene rings is 1. The summed E-state index contributed by atoms with van der Waals surface area (Å²) in [5.74, 6) is -1.23. The summed E-state index contributed by atoms with van der Waals surface area (Å²) in [6.07, 6.45) is 0. The zero-order valence-corrected chi connectivity index (χ0v) is 12.1. The minimum atomic E-state index is -0.868. The van der Waals surface area contributed by atoms with Crippen molar-refractivity contribution in [2.75, 3.05) is 13.1 Å². The smallest absolute Gasteiger partial charge is 0.308 e. The quantitative estimate of drug-likeness (QED) is 0.938. The maximum Gasteiger partial charge on any atom is 0.308 e. The minimum Gasteiger partial charge on any atom is -0.481 e. The van der Waals surface area contributed by atoms with Gasteiger partial charge in [-0.05, 0) is 5.92 Å². The van der Waals surface area contributed by atoms with Gasteiger partial charge in [0.1, 0.15) is 0 Å². The van der Waals surface area contributed by atoms with Crippen molar-refractivity contribution in [3.63, 3.8) is 0 Å². The van der Waals surface area contributed by atoms with Crippen molar-refractivity contribution >= 4 is 11.9 Å². The standard InChI is InChI=1S/C16H16N2O4/c1-10-8-18(9-12(10)16(20)21)15(19)13-7-14(22-17-13)11-5-3-2-4-6-11/h2-7,10,12H,8-9H2,1H3,(H,20,21)/t10-,12-/m1/s1. The molecule has 1 N–H and O–H groups in total. The Morgan fingerprint density at radius 3 is 2.64 bits per heavy atom. The van der Waals surface area contributed by atoms with Crippen LogP contribution in [0.4, 0.5) is 0 Å². The van der Waals surface area contributed by atoms with Crippen molar-refractivity contribution < 1.29 is 19.2 Å². The highest BCUT2D eigenvalue weighted by molar-refractivity contribution is 5.93. The van der Waals surface area contributed by atoms with Gasteiger partial charge in [-0.3, -0.25) is 9.59 Å². The Morgan fingerprint density at radius 2 is 2.00 bits per heavy atom. The number of amides is 1. The molecule has 2 heterocycles. The summed E-state index contributed by atoms with van der Waals surface area (Å²) < 4.78 is 5.22. The van der Waals surface area contributed by atoms with Crippen LogP contribution in [0.25, 0.3) is 11.3 Å². The number of likely N-dealkylation sites (tertiary alicyclic amines) is 1. The summed E-state index contributed by atoms with van der Waals surface area (Å²) >= 11 is 0. The van der Waals surface area contributed by atoms with E-state index in [1.54, 1.807) is 6.07 Å². The van der Waals surface area contributed by atoms with Gasteiger partial charge in [0, 0.05) is 24.7 Å². The van der Waals surface area contributed by atoms with Gasteiger partial charge in [0.25, 0.3) is 5.91 Å². The van der Waals surface area contributed by atoms with Crippen LogP contribution in [0.5, 0.6) is 0 Å². The Bertz CT molecular complexity index is 695. The molecule has 1 fully saturated rings. The number of carboxylic acid groups (broad SMARTS) is 1. The molecule has 1 aromatic heterocycles. The summed E-state index contributed by atoms with van der Waals surface area (Å²) in [5.41, 5.74) is 1.05. The average Bonchev–Trinajstić information content (AvgIpc) is 3.14. The van der Waals surface area contributed by atoms with Crippen LogP contribution in [-0.4, -0.2) is 40.1 Å². The molecule has 0 bridgehead atoms. The molecule has 2 aromatic rings. The molecule has 22 heavy (non-hydrogen) atoms. The van der Waals surface area contributed by atoms with Crippen molar-refractivity contribution in [2.45, 2.75) is 6.92 Å². The number of rotatable bonds is 3. The zero-order chi connectivity index (χ0) is 15.7. The third-order valence-corrected chi connectivity index (χ3v) is 4.00. The third kappa shape index (κ3) is 2.59. The molecule has 1 aromatic carbocycles. The predicted molar refractivity (Wildman–Crippen MR) is 78.1 cm³/mol. The lowest BCUT2D eigenvalue weighted by Gasteiger charge is -2.13. The molecule has 0 unspecified atom stereocenters. The van der Waals surface area contributed by atoms with E-state index in [1.165, 1.54) is 4.90 Å². The molecule has 6 heteroatoms. The second-order valence-electron chi connectivity index (χ2n) is 5.57. The lowest BCUT2D eigenvalue weighted by Crippen LogP contribution is -2.30. The Kier molecular flexibility index (Phi) is 3.66. The van der Waals surface area contributed by atoms with Crippen molar-refractivity contribution in [1.82, 2.24) is 10.1 Å². The number of carbonyl (C=O) groups excluding carboxylic acids is 1. The second kappa shape index (κ2) is 5.63. The lowest BCUT2D eigenvalue weighted by atomic mass is 9.99. The summed E-state index contributed by atoms with van der Waals surface area (Å²) in [6.45, 7) is 2.47. The molecule has 0 saturated carbocycles. The fraction of sp³-hybridized carbons (Fsp3) is 0.312. The van der Waals surface area contributed by atoms with Crippen LogP contribution < -0.4 is 0 Å². The van der Waals surface area contributed by atoms with Crippen LogP contribution in [0.3, 0.4) is 0 Å². The van der Waals surface area contributed by atoms with Crippen molar-refractivity contribution in [3.8, 4) is 11.3 Å². The van der Waals surface area contributed by atoms with Gasteiger partial charge in [0.2, 0.25) is 0 Å². The van der Waals surface area contributed by atoms with E-state index in [2.05, 4.69) is 5.16 Å². The van der Waals surface area contributed by atoms with Gasteiger partial charge in [0.05, 0.1) is 5.92 Å². The Morgan fingerprint density at radius 1 is 1.27 bits per heavy atom. The monoisotopic (exact) mass is 300 g/mol. The van der Waals surface area contributed by atoms with Gasteiger partial charge in [-0.15, -0.1) is 0 Å². The fourth-order valence-corrected chi connectivity index (χ4v) is 2.73. The highest BCUT2D eigenvalue weighted by Gasteiger charge is 2.37. The molecular formula is C16H16N2O4. The van der Waals surface area contributed by atoms with E-state index in [9.17, 15) is 9.59 Å². The summed E-state index contributed by atoms with van der Waals surface area (Å²) in [7, 11) is 0. The lowest BCUT2D eigenvalue weighted by molar-refractivity contribution is -0.142. The first-order valence-corrected chi connectivity index (χ1v) is 7.10. The molecule has 1 amide bonds. The van der Waals surface area contributed by atoms with Crippen molar-refractivity contribution in [2.24, 2.45) is 11.8 Å². The van der Waals surface area contributed by atoms with E-state index >= 15 is 0 Å². The zero-order valence-electron chi connectivity index (χ0n) is 12.1. The van der Waals surface area contributed by atoms with E-state index < -0.39 is 11.9 Å².